The van der Waals surface area contributed by atoms with E-state index < -0.39 is 49.3 Å². The molecular formula is C25H46ClN3O8. The summed E-state index contributed by atoms with van der Waals surface area (Å²) in [5, 5.41) is 35.4. The molecule has 0 bridgehead atoms. The quantitative estimate of drug-likeness (QED) is 0.0585. The van der Waals surface area contributed by atoms with Crippen molar-refractivity contribution >= 4 is 23.6 Å². The topological polar surface area (TPSA) is 158 Å². The van der Waals surface area contributed by atoms with E-state index in [1.807, 2.05) is 0 Å². The Morgan fingerprint density at radius 1 is 0.946 bits per heavy atom. The van der Waals surface area contributed by atoms with Crippen LogP contribution < -0.4 is 5.32 Å². The van der Waals surface area contributed by atoms with E-state index in [2.05, 4.69) is 17.5 Å². The number of ether oxygens (including phenoxy) is 2. The summed E-state index contributed by atoms with van der Waals surface area (Å²) in [5.74, 6) is -0.658. The normalized spacial score (nSPS) is 23.4. The number of urea groups is 1. The monoisotopic (exact) mass is 551 g/mol. The van der Waals surface area contributed by atoms with E-state index in [-0.39, 0.29) is 18.8 Å². The van der Waals surface area contributed by atoms with Crippen molar-refractivity contribution in [3.05, 3.63) is 4.91 Å². The molecule has 1 aliphatic heterocycles. The van der Waals surface area contributed by atoms with Gasteiger partial charge < -0.3 is 30.1 Å². The maximum Gasteiger partial charge on any atom is 0.340 e. The molecule has 5 atom stereocenters. The molecule has 12 heteroatoms. The van der Waals surface area contributed by atoms with Gasteiger partial charge in [0.15, 0.2) is 0 Å². The number of carbonyl (C=O) groups is 2. The standard InChI is InChI=1S/C25H46ClN3O8/c1-2-3-4-5-6-7-8-9-10-11-12-13-14-15-20(31)37-24-21(23(33)22(32)19(18-30)36-24)27-25(34)29(28-35)17-16-26/h19,21-24,30,32-33H,2-18H2,1H3,(H,27,34)/t19-,21-,22-,23-,24?/m1/s1. The molecular weight excluding hydrogens is 506 g/mol. The molecule has 1 aliphatic rings. The molecule has 1 unspecified atom stereocenters. The number of aliphatic hydroxyl groups excluding tert-OH is 3. The first kappa shape index (κ1) is 33.5. The number of amides is 2. The zero-order valence-electron chi connectivity index (χ0n) is 22.1. The lowest BCUT2D eigenvalue weighted by Crippen LogP contribution is -2.65. The fourth-order valence-electron chi connectivity index (χ4n) is 4.29. The third-order valence-electron chi connectivity index (χ3n) is 6.53. The van der Waals surface area contributed by atoms with E-state index in [1.165, 1.54) is 57.8 Å². The molecule has 1 saturated heterocycles. The van der Waals surface area contributed by atoms with Crippen molar-refractivity contribution in [2.45, 2.75) is 127 Å². The number of nitrogens with one attached hydrogen (secondary N) is 1. The fourth-order valence-corrected chi connectivity index (χ4v) is 4.45. The molecule has 1 fully saturated rings. The predicted octanol–water partition coefficient (Wildman–Crippen LogP) is 3.75. The molecule has 0 aromatic heterocycles. The molecule has 2 amide bonds. The molecule has 216 valence electrons. The predicted molar refractivity (Wildman–Crippen MR) is 140 cm³/mol. The van der Waals surface area contributed by atoms with Crippen LogP contribution in [0.25, 0.3) is 0 Å². The largest absolute Gasteiger partial charge is 0.433 e. The summed E-state index contributed by atoms with van der Waals surface area (Å²) in [7, 11) is 0. The fraction of sp³-hybridized carbons (Fsp3) is 0.920. The molecule has 1 heterocycles. The zero-order valence-corrected chi connectivity index (χ0v) is 22.8. The van der Waals surface area contributed by atoms with Gasteiger partial charge in [-0.25, -0.2) is 4.79 Å². The minimum absolute atomic E-state index is 0.0599. The van der Waals surface area contributed by atoms with E-state index in [0.29, 0.717) is 11.4 Å². The van der Waals surface area contributed by atoms with Gasteiger partial charge in [0.05, 0.1) is 18.4 Å². The number of hydrogen-bond acceptors (Lipinski definition) is 9. The first-order valence-electron chi connectivity index (χ1n) is 13.7. The highest BCUT2D eigenvalue weighted by Gasteiger charge is 2.47. The highest BCUT2D eigenvalue weighted by molar-refractivity contribution is 6.18. The van der Waals surface area contributed by atoms with Crippen LogP contribution in [0.1, 0.15) is 96.8 Å². The van der Waals surface area contributed by atoms with Crippen LogP contribution in [0.5, 0.6) is 0 Å². The SMILES string of the molecule is CCCCCCCCCCCCCCCC(=O)OC1O[C@H](CO)[C@@H](O)[C@H](O)[C@H]1NC(=O)N(CCCl)N=O. The van der Waals surface area contributed by atoms with Gasteiger partial charge in [-0.1, -0.05) is 84.0 Å². The van der Waals surface area contributed by atoms with Crippen molar-refractivity contribution in [1.29, 1.82) is 0 Å². The van der Waals surface area contributed by atoms with E-state index in [1.54, 1.807) is 0 Å². The molecule has 0 aromatic carbocycles. The van der Waals surface area contributed by atoms with Crippen LogP contribution >= 0.6 is 11.6 Å². The van der Waals surface area contributed by atoms with E-state index in [9.17, 15) is 29.8 Å². The van der Waals surface area contributed by atoms with E-state index in [4.69, 9.17) is 21.1 Å². The molecule has 0 saturated carbocycles. The molecule has 1 rings (SSSR count). The molecule has 37 heavy (non-hydrogen) atoms. The summed E-state index contributed by atoms with van der Waals surface area (Å²) in [5.41, 5.74) is 0. The van der Waals surface area contributed by atoms with Crippen molar-refractivity contribution in [3.8, 4) is 0 Å². The summed E-state index contributed by atoms with van der Waals surface area (Å²) in [6, 6.07) is -2.39. The lowest BCUT2D eigenvalue weighted by atomic mass is 9.97. The van der Waals surface area contributed by atoms with Crippen LogP contribution in [0.15, 0.2) is 5.29 Å². The Hall–Kier alpha value is -1.53. The van der Waals surface area contributed by atoms with Crippen molar-refractivity contribution in [2.75, 3.05) is 19.0 Å². The van der Waals surface area contributed by atoms with Gasteiger partial charge in [-0.05, 0) is 6.42 Å². The van der Waals surface area contributed by atoms with Crippen molar-refractivity contribution in [1.82, 2.24) is 10.3 Å². The van der Waals surface area contributed by atoms with E-state index >= 15 is 0 Å². The molecule has 4 N–H and O–H groups in total. The zero-order chi connectivity index (χ0) is 27.5. The Labute approximate surface area is 225 Å². The summed E-state index contributed by atoms with van der Waals surface area (Å²) in [4.78, 5) is 35.6. The van der Waals surface area contributed by atoms with Gasteiger partial charge in [-0.3, -0.25) is 4.79 Å². The number of unbranched alkanes of at least 4 members (excludes halogenated alkanes) is 12. The van der Waals surface area contributed by atoms with Crippen molar-refractivity contribution in [3.63, 3.8) is 0 Å². The maximum absolute atomic E-state index is 12.4. The second-order valence-corrected chi connectivity index (χ2v) is 9.94. The second-order valence-electron chi connectivity index (χ2n) is 9.56. The molecule has 0 aliphatic carbocycles. The number of rotatable bonds is 20. The first-order valence-corrected chi connectivity index (χ1v) is 14.2. The minimum Gasteiger partial charge on any atom is -0.433 e. The number of aliphatic hydroxyl groups is 3. The highest BCUT2D eigenvalue weighted by Crippen LogP contribution is 2.23. The molecule has 0 radical (unpaired) electrons. The third kappa shape index (κ3) is 13.2. The van der Waals surface area contributed by atoms with E-state index in [0.717, 1.165) is 19.3 Å². The number of nitrogens with zero attached hydrogens (tertiary/aromatic N) is 2. The van der Waals surface area contributed by atoms with Gasteiger partial charge in [-0.2, -0.15) is 5.01 Å². The third-order valence-corrected chi connectivity index (χ3v) is 6.70. The second kappa shape index (κ2) is 20.4. The Kier molecular flexibility index (Phi) is 18.5. The van der Waals surface area contributed by atoms with Crippen LogP contribution in [0, 0.1) is 4.91 Å². The number of hydrogen-bond donors (Lipinski definition) is 4. The smallest absolute Gasteiger partial charge is 0.340 e. The summed E-state index contributed by atoms with van der Waals surface area (Å²) in [6.07, 6.45) is 9.50. The van der Waals surface area contributed by atoms with Crippen LogP contribution in [-0.4, -0.2) is 82.0 Å². The van der Waals surface area contributed by atoms with Gasteiger partial charge in [0.25, 0.3) is 0 Å². The number of carbonyl (C=O) groups excluding carboxylic acids is 2. The van der Waals surface area contributed by atoms with Gasteiger partial charge >= 0.3 is 12.0 Å². The van der Waals surface area contributed by atoms with Crippen LogP contribution in [0.3, 0.4) is 0 Å². The Bertz CT molecular complexity index is 645. The molecule has 0 aromatic rings. The van der Waals surface area contributed by atoms with Gasteiger partial charge in [0, 0.05) is 12.3 Å². The number of halogens is 1. The van der Waals surface area contributed by atoms with Crippen molar-refractivity contribution < 1.29 is 34.4 Å². The minimum atomic E-state index is -1.63. The van der Waals surface area contributed by atoms with Crippen molar-refractivity contribution in [2.24, 2.45) is 5.29 Å². The first-order chi connectivity index (χ1) is 17.9. The Balaban J connectivity index is 2.38. The lowest BCUT2D eigenvalue weighted by molar-refractivity contribution is -0.262. The summed E-state index contributed by atoms with van der Waals surface area (Å²) >= 11 is 5.55. The maximum atomic E-state index is 12.4. The summed E-state index contributed by atoms with van der Waals surface area (Å²) in [6.45, 7) is 1.40. The van der Waals surface area contributed by atoms with Gasteiger partial charge in [0.1, 0.15) is 24.4 Å². The highest BCUT2D eigenvalue weighted by atomic mass is 35.5. The number of alkyl halides is 1. The van der Waals surface area contributed by atoms with Crippen LogP contribution in [0.4, 0.5) is 4.79 Å². The Morgan fingerprint density at radius 2 is 1.49 bits per heavy atom. The molecule has 0 spiro atoms. The summed E-state index contributed by atoms with van der Waals surface area (Å²) < 4.78 is 10.7. The molecule has 11 nitrogen and oxygen atoms in total. The number of esters is 1. The Morgan fingerprint density at radius 3 is 1.97 bits per heavy atom. The lowest BCUT2D eigenvalue weighted by Gasteiger charge is -2.41. The average molecular weight is 552 g/mol. The number of nitroso groups, excluding NO2 is 1. The van der Waals surface area contributed by atoms with Gasteiger partial charge in [0.2, 0.25) is 6.29 Å². The average Bonchev–Trinajstić information content (AvgIpc) is 2.89. The van der Waals surface area contributed by atoms with Gasteiger partial charge in [-0.15, -0.1) is 16.5 Å². The van der Waals surface area contributed by atoms with Crippen LogP contribution in [-0.2, 0) is 14.3 Å². The van der Waals surface area contributed by atoms with Crippen LogP contribution in [0.2, 0.25) is 0 Å².